The zero-order chi connectivity index (χ0) is 14.1. The highest BCUT2D eigenvalue weighted by molar-refractivity contribution is 5.77. The van der Waals surface area contributed by atoms with E-state index in [0.29, 0.717) is 0 Å². The molecule has 0 aromatic heterocycles. The van der Waals surface area contributed by atoms with Crippen molar-refractivity contribution in [2.75, 3.05) is 52.5 Å². The first-order chi connectivity index (χ1) is 9.09. The lowest BCUT2D eigenvalue weighted by Gasteiger charge is -2.28. The van der Waals surface area contributed by atoms with Gasteiger partial charge in [-0.15, -0.1) is 0 Å². The fraction of sp³-hybridized carbons (Fsp3) is 0.917. The largest absolute Gasteiger partial charge is 0.379 e. The standard InChI is InChI=1S/C8H17N3O.C4H10N2O/c1-7(2)8(12)10-11-5-3-9-4-6-11;5-6-1-3-7-4-2-6/h7,9H,3-6H2,1-2H3,(H,10,12);1-5H2. The maximum atomic E-state index is 11.2. The quantitative estimate of drug-likeness (QED) is 0.547. The molecule has 0 radical (unpaired) electrons. The van der Waals surface area contributed by atoms with Gasteiger partial charge in [0.1, 0.15) is 0 Å². The van der Waals surface area contributed by atoms with Crippen molar-refractivity contribution in [3.8, 4) is 0 Å². The Morgan fingerprint density at radius 2 is 1.79 bits per heavy atom. The van der Waals surface area contributed by atoms with Gasteiger partial charge in [-0.2, -0.15) is 0 Å². The van der Waals surface area contributed by atoms with E-state index in [4.69, 9.17) is 10.6 Å². The Hall–Kier alpha value is -0.730. The van der Waals surface area contributed by atoms with Crippen LogP contribution < -0.4 is 16.6 Å². The molecule has 0 atom stereocenters. The van der Waals surface area contributed by atoms with Gasteiger partial charge in [0.15, 0.2) is 0 Å². The van der Waals surface area contributed by atoms with Crippen molar-refractivity contribution in [2.45, 2.75) is 13.8 Å². The van der Waals surface area contributed by atoms with Crippen molar-refractivity contribution >= 4 is 5.91 Å². The molecule has 0 unspecified atom stereocenters. The molecule has 112 valence electrons. The number of ether oxygens (including phenoxy) is 1. The Bertz CT molecular complexity index is 251. The number of carbonyl (C=O) groups excluding carboxylic acids is 1. The van der Waals surface area contributed by atoms with Gasteiger partial charge in [-0.05, 0) is 0 Å². The first-order valence-corrected chi connectivity index (χ1v) is 6.93. The zero-order valence-electron chi connectivity index (χ0n) is 12.0. The second kappa shape index (κ2) is 9.22. The summed E-state index contributed by atoms with van der Waals surface area (Å²) >= 11 is 0. The molecule has 0 saturated carbocycles. The van der Waals surface area contributed by atoms with Crippen molar-refractivity contribution in [3.05, 3.63) is 0 Å². The lowest BCUT2D eigenvalue weighted by Crippen LogP contribution is -2.53. The van der Waals surface area contributed by atoms with Crippen LogP contribution in [0.1, 0.15) is 13.8 Å². The predicted octanol–water partition coefficient (Wildman–Crippen LogP) is -1.23. The lowest BCUT2D eigenvalue weighted by molar-refractivity contribution is -0.129. The molecule has 7 heteroatoms. The van der Waals surface area contributed by atoms with Crippen LogP contribution in [0.25, 0.3) is 0 Å². The fourth-order valence-electron chi connectivity index (χ4n) is 1.64. The molecular weight excluding hydrogens is 246 g/mol. The Balaban J connectivity index is 0.000000218. The van der Waals surface area contributed by atoms with Crippen LogP contribution in [0.2, 0.25) is 0 Å². The van der Waals surface area contributed by atoms with Crippen molar-refractivity contribution in [3.63, 3.8) is 0 Å². The third-order valence-corrected chi connectivity index (χ3v) is 2.96. The summed E-state index contributed by atoms with van der Waals surface area (Å²) in [6.45, 7) is 10.8. The van der Waals surface area contributed by atoms with Gasteiger partial charge < -0.3 is 10.1 Å². The molecule has 19 heavy (non-hydrogen) atoms. The Kier molecular flexibility index (Phi) is 7.92. The summed E-state index contributed by atoms with van der Waals surface area (Å²) < 4.78 is 5.02. The van der Waals surface area contributed by atoms with Crippen LogP contribution in [-0.4, -0.2) is 68.4 Å². The molecule has 0 aliphatic carbocycles. The van der Waals surface area contributed by atoms with Gasteiger partial charge in [0.05, 0.1) is 13.2 Å². The highest BCUT2D eigenvalue weighted by atomic mass is 16.5. The summed E-state index contributed by atoms with van der Waals surface area (Å²) in [5, 5.41) is 6.96. The van der Waals surface area contributed by atoms with Crippen LogP contribution in [-0.2, 0) is 9.53 Å². The van der Waals surface area contributed by atoms with Gasteiger partial charge in [0.2, 0.25) is 5.91 Å². The van der Waals surface area contributed by atoms with E-state index >= 15 is 0 Å². The summed E-state index contributed by atoms with van der Waals surface area (Å²) in [5.41, 5.74) is 2.87. The SMILES string of the molecule is CC(C)C(=O)NN1CCNCC1.NN1CCOCC1. The molecule has 0 spiro atoms. The molecular formula is C12H27N5O2. The van der Waals surface area contributed by atoms with Crippen LogP contribution in [0.15, 0.2) is 0 Å². The number of nitrogens with zero attached hydrogens (tertiary/aromatic N) is 2. The first kappa shape index (κ1) is 16.3. The minimum Gasteiger partial charge on any atom is -0.379 e. The van der Waals surface area contributed by atoms with Crippen LogP contribution >= 0.6 is 0 Å². The van der Waals surface area contributed by atoms with Crippen LogP contribution in [0, 0.1) is 5.92 Å². The van der Waals surface area contributed by atoms with Gasteiger partial charge in [-0.25, -0.2) is 10.0 Å². The molecule has 2 aliphatic rings. The van der Waals surface area contributed by atoms with Crippen molar-refractivity contribution in [1.29, 1.82) is 0 Å². The lowest BCUT2D eigenvalue weighted by atomic mass is 10.2. The molecule has 0 aromatic carbocycles. The third kappa shape index (κ3) is 7.44. The Morgan fingerprint density at radius 3 is 2.21 bits per heavy atom. The van der Waals surface area contributed by atoms with E-state index in [2.05, 4.69) is 10.7 Å². The number of amides is 1. The smallest absolute Gasteiger partial charge is 0.236 e. The van der Waals surface area contributed by atoms with Crippen molar-refractivity contribution < 1.29 is 9.53 Å². The molecule has 1 amide bonds. The molecule has 2 fully saturated rings. The van der Waals surface area contributed by atoms with Gasteiger partial charge in [0.25, 0.3) is 0 Å². The fourth-order valence-corrected chi connectivity index (χ4v) is 1.64. The summed E-state index contributed by atoms with van der Waals surface area (Å²) in [6, 6.07) is 0. The van der Waals surface area contributed by atoms with Gasteiger partial charge in [-0.3, -0.25) is 16.1 Å². The maximum absolute atomic E-state index is 11.2. The second-order valence-corrected chi connectivity index (χ2v) is 5.02. The van der Waals surface area contributed by atoms with E-state index < -0.39 is 0 Å². The number of morpholine rings is 1. The average Bonchev–Trinajstić information content (AvgIpc) is 2.41. The number of nitrogens with two attached hydrogens (primary N) is 1. The molecule has 2 aliphatic heterocycles. The predicted molar refractivity (Wildman–Crippen MR) is 74.0 cm³/mol. The number of hydrogen-bond acceptors (Lipinski definition) is 6. The van der Waals surface area contributed by atoms with Crippen molar-refractivity contribution in [1.82, 2.24) is 20.8 Å². The van der Waals surface area contributed by atoms with Gasteiger partial charge >= 0.3 is 0 Å². The Morgan fingerprint density at radius 1 is 1.21 bits per heavy atom. The summed E-state index contributed by atoms with van der Waals surface area (Å²) in [5.74, 6) is 5.57. The number of hydrazine groups is 2. The van der Waals surface area contributed by atoms with Crippen LogP contribution in [0.5, 0.6) is 0 Å². The molecule has 0 aromatic rings. The molecule has 4 N–H and O–H groups in total. The molecule has 7 nitrogen and oxygen atoms in total. The Labute approximate surface area is 115 Å². The molecule has 2 heterocycles. The molecule has 0 bridgehead atoms. The summed E-state index contributed by atoms with van der Waals surface area (Å²) in [4.78, 5) is 11.2. The van der Waals surface area contributed by atoms with Gasteiger partial charge in [0, 0.05) is 45.2 Å². The van der Waals surface area contributed by atoms with E-state index in [1.807, 2.05) is 18.9 Å². The highest BCUT2D eigenvalue weighted by Crippen LogP contribution is 1.93. The van der Waals surface area contributed by atoms with E-state index in [0.717, 1.165) is 52.5 Å². The normalized spacial score (nSPS) is 21.7. The number of hydrogen-bond donors (Lipinski definition) is 3. The number of piperazine rings is 1. The number of rotatable bonds is 2. The van der Waals surface area contributed by atoms with Crippen molar-refractivity contribution in [2.24, 2.45) is 11.8 Å². The van der Waals surface area contributed by atoms with Crippen LogP contribution in [0.4, 0.5) is 0 Å². The van der Waals surface area contributed by atoms with Crippen LogP contribution in [0.3, 0.4) is 0 Å². The average molecular weight is 273 g/mol. The maximum Gasteiger partial charge on any atom is 0.236 e. The number of carbonyl (C=O) groups is 1. The minimum absolute atomic E-state index is 0.0693. The summed E-state index contributed by atoms with van der Waals surface area (Å²) in [6.07, 6.45) is 0. The zero-order valence-corrected chi connectivity index (χ0v) is 12.0. The van der Waals surface area contributed by atoms with Gasteiger partial charge in [-0.1, -0.05) is 13.8 Å². The summed E-state index contributed by atoms with van der Waals surface area (Å²) in [7, 11) is 0. The first-order valence-electron chi connectivity index (χ1n) is 6.93. The minimum atomic E-state index is 0.0693. The van der Waals surface area contributed by atoms with E-state index in [9.17, 15) is 4.79 Å². The topological polar surface area (TPSA) is 82.9 Å². The van der Waals surface area contributed by atoms with E-state index in [1.54, 1.807) is 5.01 Å². The molecule has 2 rings (SSSR count). The third-order valence-electron chi connectivity index (χ3n) is 2.96. The second-order valence-electron chi connectivity index (χ2n) is 5.02. The molecule has 2 saturated heterocycles. The highest BCUT2D eigenvalue weighted by Gasteiger charge is 2.13. The van der Waals surface area contributed by atoms with E-state index in [-0.39, 0.29) is 11.8 Å². The monoisotopic (exact) mass is 273 g/mol. The number of nitrogens with one attached hydrogen (secondary N) is 2. The van der Waals surface area contributed by atoms with E-state index in [1.165, 1.54) is 0 Å².